The van der Waals surface area contributed by atoms with Gasteiger partial charge in [0.15, 0.2) is 0 Å². The summed E-state index contributed by atoms with van der Waals surface area (Å²) < 4.78 is 24.7. The molecule has 2 rings (SSSR count). The molecule has 22 heavy (non-hydrogen) atoms. The zero-order valence-electron chi connectivity index (χ0n) is 12.6. The van der Waals surface area contributed by atoms with Crippen molar-refractivity contribution in [1.82, 2.24) is 4.98 Å². The first-order valence-electron chi connectivity index (χ1n) is 7.32. The number of nitrogens with zero attached hydrogens (tertiary/aromatic N) is 1. The molecule has 0 spiro atoms. The van der Waals surface area contributed by atoms with Crippen molar-refractivity contribution in [3.8, 4) is 0 Å². The van der Waals surface area contributed by atoms with Gasteiger partial charge in [-0.25, -0.2) is 13.4 Å². The van der Waals surface area contributed by atoms with Gasteiger partial charge in [0.05, 0.1) is 6.26 Å². The number of hydrogen-bond donors (Lipinski definition) is 3. The molecule has 1 aromatic heterocycles. The van der Waals surface area contributed by atoms with E-state index in [1.807, 2.05) is 0 Å². The van der Waals surface area contributed by atoms with Gasteiger partial charge < -0.3 is 11.1 Å². The molecule has 1 aromatic rings. The van der Waals surface area contributed by atoms with Gasteiger partial charge in [-0.05, 0) is 44.2 Å². The van der Waals surface area contributed by atoms with E-state index >= 15 is 0 Å². The summed E-state index contributed by atoms with van der Waals surface area (Å²) in [4.78, 5) is 16.2. The molecule has 0 bridgehead atoms. The molecule has 0 unspecified atom stereocenters. The number of aromatic nitrogens is 1. The van der Waals surface area contributed by atoms with Crippen molar-refractivity contribution in [1.29, 1.82) is 0 Å². The van der Waals surface area contributed by atoms with E-state index in [0.29, 0.717) is 18.2 Å². The van der Waals surface area contributed by atoms with Crippen LogP contribution in [0.1, 0.15) is 25.7 Å². The van der Waals surface area contributed by atoms with E-state index in [-0.39, 0.29) is 17.6 Å². The van der Waals surface area contributed by atoms with Crippen molar-refractivity contribution in [2.45, 2.75) is 25.7 Å². The fourth-order valence-corrected chi connectivity index (χ4v) is 3.15. The van der Waals surface area contributed by atoms with Crippen LogP contribution in [0.3, 0.4) is 0 Å². The molecule has 1 heterocycles. The summed E-state index contributed by atoms with van der Waals surface area (Å²) >= 11 is 0. The van der Waals surface area contributed by atoms with Crippen LogP contribution < -0.4 is 15.8 Å². The number of nitrogens with one attached hydrogen (secondary N) is 2. The highest BCUT2D eigenvalue weighted by molar-refractivity contribution is 7.92. The number of nitrogens with two attached hydrogens (primary N) is 1. The zero-order valence-corrected chi connectivity index (χ0v) is 13.4. The Morgan fingerprint density at radius 3 is 2.64 bits per heavy atom. The van der Waals surface area contributed by atoms with Gasteiger partial charge in [0.1, 0.15) is 5.82 Å². The second-order valence-electron chi connectivity index (χ2n) is 5.75. The molecule has 0 radical (unpaired) electrons. The summed E-state index contributed by atoms with van der Waals surface area (Å²) in [6, 6.07) is 3.14. The van der Waals surface area contributed by atoms with Crippen LogP contribution in [0.2, 0.25) is 0 Å². The van der Waals surface area contributed by atoms with Gasteiger partial charge in [-0.2, -0.15) is 0 Å². The van der Waals surface area contributed by atoms with Crippen molar-refractivity contribution in [2.24, 2.45) is 17.6 Å². The number of carbonyl (C=O) groups is 1. The van der Waals surface area contributed by atoms with Crippen LogP contribution >= 0.6 is 0 Å². The first-order chi connectivity index (χ1) is 10.4. The van der Waals surface area contributed by atoms with Gasteiger partial charge in [-0.15, -0.1) is 0 Å². The van der Waals surface area contributed by atoms with Crippen LogP contribution in [0.25, 0.3) is 0 Å². The molecule has 1 aliphatic carbocycles. The van der Waals surface area contributed by atoms with Crippen LogP contribution in [0.5, 0.6) is 0 Å². The van der Waals surface area contributed by atoms with Crippen LogP contribution in [0, 0.1) is 11.8 Å². The van der Waals surface area contributed by atoms with Crippen molar-refractivity contribution < 1.29 is 13.2 Å². The maximum atomic E-state index is 12.3. The Hall–Kier alpha value is -1.67. The van der Waals surface area contributed by atoms with E-state index in [0.717, 1.165) is 31.9 Å². The van der Waals surface area contributed by atoms with Crippen molar-refractivity contribution in [3.05, 3.63) is 18.3 Å². The summed E-state index contributed by atoms with van der Waals surface area (Å²) in [5, 5.41) is 2.83. The minimum Gasteiger partial charge on any atom is -0.330 e. The molecular weight excluding hydrogens is 304 g/mol. The maximum Gasteiger partial charge on any atom is 0.230 e. The molecule has 1 fully saturated rings. The number of sulfonamides is 1. The van der Waals surface area contributed by atoms with Crippen LogP contribution in [0.15, 0.2) is 18.3 Å². The summed E-state index contributed by atoms with van der Waals surface area (Å²) in [6.45, 7) is 0.680. The molecule has 7 nitrogen and oxygen atoms in total. The van der Waals surface area contributed by atoms with Gasteiger partial charge in [0.2, 0.25) is 15.9 Å². The number of amides is 1. The Labute approximate surface area is 130 Å². The van der Waals surface area contributed by atoms with Gasteiger partial charge in [-0.3, -0.25) is 9.52 Å². The molecule has 4 N–H and O–H groups in total. The van der Waals surface area contributed by atoms with E-state index < -0.39 is 10.0 Å². The van der Waals surface area contributed by atoms with E-state index in [9.17, 15) is 13.2 Å². The summed E-state index contributed by atoms with van der Waals surface area (Å²) in [7, 11) is -3.39. The highest BCUT2D eigenvalue weighted by Gasteiger charge is 2.25. The first-order valence-corrected chi connectivity index (χ1v) is 9.21. The molecule has 0 atom stereocenters. The lowest BCUT2D eigenvalue weighted by Crippen LogP contribution is -2.29. The maximum absolute atomic E-state index is 12.3. The average Bonchev–Trinajstić information content (AvgIpc) is 2.46. The van der Waals surface area contributed by atoms with E-state index in [4.69, 9.17) is 5.73 Å². The molecule has 1 aliphatic rings. The number of rotatable bonds is 5. The minimum absolute atomic E-state index is 0.0118. The Bertz CT molecular complexity index is 625. The quantitative estimate of drug-likeness (QED) is 0.751. The Morgan fingerprint density at radius 1 is 1.36 bits per heavy atom. The smallest absolute Gasteiger partial charge is 0.230 e. The van der Waals surface area contributed by atoms with E-state index in [1.54, 1.807) is 6.07 Å². The predicted octanol–water partition coefficient (Wildman–Crippen LogP) is 1.16. The number of pyridine rings is 1. The minimum atomic E-state index is -3.39. The Balaban J connectivity index is 1.96. The van der Waals surface area contributed by atoms with Crippen LogP contribution in [-0.2, 0) is 14.8 Å². The lowest BCUT2D eigenvalue weighted by atomic mass is 9.81. The molecule has 0 saturated heterocycles. The molecule has 1 saturated carbocycles. The van der Waals surface area contributed by atoms with E-state index in [2.05, 4.69) is 15.0 Å². The van der Waals surface area contributed by atoms with Gasteiger partial charge in [0.25, 0.3) is 0 Å². The lowest BCUT2D eigenvalue weighted by molar-refractivity contribution is -0.121. The molecule has 1 amide bonds. The number of hydrogen-bond acceptors (Lipinski definition) is 5. The van der Waals surface area contributed by atoms with E-state index in [1.165, 1.54) is 12.3 Å². The second-order valence-corrected chi connectivity index (χ2v) is 7.50. The highest BCUT2D eigenvalue weighted by Crippen LogP contribution is 2.29. The molecule has 8 heteroatoms. The SMILES string of the molecule is CS(=O)(=O)Nc1cc(NC(=O)[C@H]2CC[C@H](CN)CC2)ccn1. The average molecular weight is 326 g/mol. The van der Waals surface area contributed by atoms with Crippen molar-refractivity contribution in [3.63, 3.8) is 0 Å². The lowest BCUT2D eigenvalue weighted by Gasteiger charge is -2.26. The normalized spacial score (nSPS) is 22.1. The highest BCUT2D eigenvalue weighted by atomic mass is 32.2. The molecule has 0 aromatic carbocycles. The Kier molecular flexibility index (Phi) is 5.36. The largest absolute Gasteiger partial charge is 0.330 e. The third kappa shape index (κ3) is 4.96. The summed E-state index contributed by atoms with van der Waals surface area (Å²) in [5.41, 5.74) is 6.19. The van der Waals surface area contributed by atoms with Crippen molar-refractivity contribution >= 4 is 27.4 Å². The third-order valence-corrected chi connectivity index (χ3v) is 4.45. The number of anilines is 2. The monoisotopic (exact) mass is 326 g/mol. The third-order valence-electron chi connectivity index (χ3n) is 3.87. The predicted molar refractivity (Wildman–Crippen MR) is 85.8 cm³/mol. The van der Waals surface area contributed by atoms with Crippen molar-refractivity contribution in [2.75, 3.05) is 22.8 Å². The standard InChI is InChI=1S/C14H22N4O3S/c1-22(20,21)18-13-8-12(6-7-16-13)17-14(19)11-4-2-10(9-15)3-5-11/h6-8,10-11H,2-5,9,15H2,1H3,(H2,16,17,18,19)/t10-,11-. The molecule has 122 valence electrons. The first kappa shape index (κ1) is 16.7. The molecule has 0 aliphatic heterocycles. The summed E-state index contributed by atoms with van der Waals surface area (Å²) in [6.07, 6.45) is 6.14. The fourth-order valence-electron chi connectivity index (χ4n) is 2.66. The number of carbonyl (C=O) groups excluding carboxylic acids is 1. The topological polar surface area (TPSA) is 114 Å². The summed E-state index contributed by atoms with van der Waals surface area (Å²) in [5.74, 6) is 0.664. The van der Waals surface area contributed by atoms with Crippen LogP contribution in [-0.4, -0.2) is 32.1 Å². The van der Waals surface area contributed by atoms with Gasteiger partial charge >= 0.3 is 0 Å². The van der Waals surface area contributed by atoms with Gasteiger partial charge in [-0.1, -0.05) is 0 Å². The van der Waals surface area contributed by atoms with Gasteiger partial charge in [0, 0.05) is 23.9 Å². The second kappa shape index (κ2) is 7.06. The molecular formula is C14H22N4O3S. The fraction of sp³-hybridized carbons (Fsp3) is 0.571. The Morgan fingerprint density at radius 2 is 2.05 bits per heavy atom. The zero-order chi connectivity index (χ0) is 16.2. The van der Waals surface area contributed by atoms with Crippen LogP contribution in [0.4, 0.5) is 11.5 Å².